The summed E-state index contributed by atoms with van der Waals surface area (Å²) in [4.78, 5) is 12.4. The summed E-state index contributed by atoms with van der Waals surface area (Å²) in [5.41, 5.74) is 1.45. The lowest BCUT2D eigenvalue weighted by Crippen LogP contribution is -2.30. The number of ether oxygens (including phenoxy) is 1. The van der Waals surface area contributed by atoms with Crippen LogP contribution < -0.4 is 20.7 Å². The third-order valence-electron chi connectivity index (χ3n) is 5.77. The van der Waals surface area contributed by atoms with E-state index in [0.29, 0.717) is 40.2 Å². The minimum atomic E-state index is -1.13. The first-order valence-electron chi connectivity index (χ1n) is 11.1. The molecule has 1 aliphatic heterocycles. The Balaban J connectivity index is 1.51. The average molecular weight is 490 g/mol. The van der Waals surface area contributed by atoms with Gasteiger partial charge in [-0.1, -0.05) is 17.7 Å². The predicted molar refractivity (Wildman–Crippen MR) is 128 cm³/mol. The highest BCUT2D eigenvalue weighted by molar-refractivity contribution is 6.33. The van der Waals surface area contributed by atoms with Crippen LogP contribution in [-0.2, 0) is 7.05 Å². The molecule has 34 heavy (non-hydrogen) atoms. The third kappa shape index (κ3) is 5.66. The highest BCUT2D eigenvalue weighted by atomic mass is 35.5. The molecule has 0 bridgehead atoms. The molecule has 4 rings (SSSR count). The van der Waals surface area contributed by atoms with Crippen molar-refractivity contribution in [2.45, 2.75) is 19.3 Å². The Labute approximate surface area is 201 Å². The van der Waals surface area contributed by atoms with Crippen molar-refractivity contribution >= 4 is 29.0 Å². The van der Waals surface area contributed by atoms with Gasteiger partial charge in [-0.15, -0.1) is 0 Å². The van der Waals surface area contributed by atoms with Crippen LogP contribution in [0.4, 0.5) is 25.0 Å². The van der Waals surface area contributed by atoms with Crippen LogP contribution in [0.1, 0.15) is 19.3 Å². The number of urea groups is 1. The van der Waals surface area contributed by atoms with Crippen molar-refractivity contribution in [1.82, 2.24) is 15.1 Å². The van der Waals surface area contributed by atoms with E-state index in [1.807, 2.05) is 0 Å². The number of carbonyl (C=O) groups is 1. The summed E-state index contributed by atoms with van der Waals surface area (Å²) in [6.07, 6.45) is 4.81. The van der Waals surface area contributed by atoms with Crippen LogP contribution in [0, 0.1) is 17.6 Å². The maximum atomic E-state index is 13.9. The first-order chi connectivity index (χ1) is 16.4. The molecule has 1 unspecified atom stereocenters. The number of anilines is 2. The lowest BCUT2D eigenvalue weighted by molar-refractivity contribution is 0.254. The van der Waals surface area contributed by atoms with Crippen LogP contribution in [0.2, 0.25) is 5.02 Å². The minimum Gasteiger partial charge on any atom is -0.493 e. The topological polar surface area (TPSA) is 80.2 Å². The second kappa shape index (κ2) is 10.8. The molecule has 180 valence electrons. The molecular formula is C24H26ClF2N5O2. The maximum absolute atomic E-state index is 13.9. The van der Waals surface area contributed by atoms with E-state index in [1.165, 1.54) is 31.2 Å². The Morgan fingerprint density at radius 1 is 1.29 bits per heavy atom. The van der Waals surface area contributed by atoms with E-state index in [1.54, 1.807) is 29.9 Å². The van der Waals surface area contributed by atoms with Gasteiger partial charge in [0.25, 0.3) is 0 Å². The molecular weight excluding hydrogens is 464 g/mol. The largest absolute Gasteiger partial charge is 0.493 e. The number of hydrogen-bond acceptors (Lipinski definition) is 4. The molecule has 2 aromatic carbocycles. The summed E-state index contributed by atoms with van der Waals surface area (Å²) < 4.78 is 35.0. The number of amides is 2. The van der Waals surface area contributed by atoms with Gasteiger partial charge in [-0.05, 0) is 68.6 Å². The zero-order valence-corrected chi connectivity index (χ0v) is 19.5. The van der Waals surface area contributed by atoms with Crippen LogP contribution in [0.5, 0.6) is 5.75 Å². The second-order valence-electron chi connectivity index (χ2n) is 8.21. The zero-order chi connectivity index (χ0) is 24.1. The van der Waals surface area contributed by atoms with Gasteiger partial charge in [0, 0.05) is 18.3 Å². The lowest BCUT2D eigenvalue weighted by atomic mass is 9.97. The number of carbonyl (C=O) groups excluding carboxylic acids is 1. The molecule has 1 aliphatic rings. The molecule has 0 aliphatic carbocycles. The van der Waals surface area contributed by atoms with Gasteiger partial charge in [0.1, 0.15) is 5.75 Å². The SMILES string of the molecule is Cn1ncc(Cl)c1-c1cc(NC(=O)Nc2cccc(F)c2F)ccc1OCCC1CCCNC1. The zero-order valence-electron chi connectivity index (χ0n) is 18.7. The van der Waals surface area contributed by atoms with Crippen LogP contribution in [-0.4, -0.2) is 35.5 Å². The molecule has 3 N–H and O–H groups in total. The smallest absolute Gasteiger partial charge is 0.323 e. The number of rotatable bonds is 7. The summed E-state index contributed by atoms with van der Waals surface area (Å²) in [5, 5.41) is 13.0. The highest BCUT2D eigenvalue weighted by Gasteiger charge is 2.18. The number of aryl methyl sites for hydroxylation is 1. The van der Waals surface area contributed by atoms with Crippen molar-refractivity contribution in [3.8, 4) is 17.0 Å². The lowest BCUT2D eigenvalue weighted by Gasteiger charge is -2.23. The fourth-order valence-electron chi connectivity index (χ4n) is 4.02. The number of halogens is 3. The summed E-state index contributed by atoms with van der Waals surface area (Å²) in [5.74, 6) is -0.991. The van der Waals surface area contributed by atoms with Crippen molar-refractivity contribution in [2.75, 3.05) is 30.3 Å². The Morgan fingerprint density at radius 2 is 2.15 bits per heavy atom. The monoisotopic (exact) mass is 489 g/mol. The molecule has 7 nitrogen and oxygen atoms in total. The van der Waals surface area contributed by atoms with E-state index in [9.17, 15) is 13.6 Å². The normalized spacial score (nSPS) is 15.7. The number of aromatic nitrogens is 2. The molecule has 0 spiro atoms. The quantitative estimate of drug-likeness (QED) is 0.413. The Kier molecular flexibility index (Phi) is 7.64. The van der Waals surface area contributed by atoms with Gasteiger partial charge in [-0.3, -0.25) is 4.68 Å². The number of nitrogens with zero attached hydrogens (tertiary/aromatic N) is 2. The fourth-order valence-corrected chi connectivity index (χ4v) is 4.29. The van der Waals surface area contributed by atoms with Crippen molar-refractivity contribution in [2.24, 2.45) is 13.0 Å². The van der Waals surface area contributed by atoms with Gasteiger partial charge in [0.05, 0.1) is 29.2 Å². The van der Waals surface area contributed by atoms with Crippen molar-refractivity contribution < 1.29 is 18.3 Å². The molecule has 1 saturated heterocycles. The average Bonchev–Trinajstić information content (AvgIpc) is 3.16. The second-order valence-corrected chi connectivity index (χ2v) is 8.61. The van der Waals surface area contributed by atoms with E-state index in [2.05, 4.69) is 21.0 Å². The van der Waals surface area contributed by atoms with Crippen LogP contribution in [0.3, 0.4) is 0 Å². The minimum absolute atomic E-state index is 0.260. The van der Waals surface area contributed by atoms with Gasteiger partial charge in [0.15, 0.2) is 11.6 Å². The van der Waals surface area contributed by atoms with E-state index < -0.39 is 17.7 Å². The van der Waals surface area contributed by atoms with Crippen molar-refractivity contribution in [3.63, 3.8) is 0 Å². The summed E-state index contributed by atoms with van der Waals surface area (Å²) >= 11 is 6.38. The van der Waals surface area contributed by atoms with Gasteiger partial charge < -0.3 is 20.7 Å². The standard InChI is InChI=1S/C24H26ClF2N5O2/c1-32-23(18(25)14-29-32)17-12-16(30-24(33)31-20-6-2-5-19(26)22(20)27)7-8-21(17)34-11-9-15-4-3-10-28-13-15/h2,5-8,12,14-15,28H,3-4,9-11,13H2,1H3,(H2,30,31,33). The molecule has 1 fully saturated rings. The summed E-state index contributed by atoms with van der Waals surface area (Å²) in [6.45, 7) is 2.60. The van der Waals surface area contributed by atoms with Crippen LogP contribution >= 0.6 is 11.6 Å². The number of benzene rings is 2. The van der Waals surface area contributed by atoms with E-state index in [0.717, 1.165) is 25.6 Å². The molecule has 1 atom stereocenters. The van der Waals surface area contributed by atoms with Gasteiger partial charge in [-0.25, -0.2) is 13.6 Å². The molecule has 3 aromatic rings. The Bertz CT molecular complexity index is 1140. The predicted octanol–water partition coefficient (Wildman–Crippen LogP) is 5.43. The summed E-state index contributed by atoms with van der Waals surface area (Å²) in [7, 11) is 1.76. The number of piperidine rings is 1. The first-order valence-corrected chi connectivity index (χ1v) is 11.5. The molecule has 2 heterocycles. The Morgan fingerprint density at radius 3 is 2.88 bits per heavy atom. The van der Waals surface area contributed by atoms with Gasteiger partial charge >= 0.3 is 6.03 Å². The highest BCUT2D eigenvalue weighted by Crippen LogP contribution is 2.37. The first kappa shape index (κ1) is 24.0. The molecule has 0 saturated carbocycles. The van der Waals surface area contributed by atoms with Crippen LogP contribution in [0.15, 0.2) is 42.6 Å². The maximum Gasteiger partial charge on any atom is 0.323 e. The fraction of sp³-hybridized carbons (Fsp3) is 0.333. The van der Waals surface area contributed by atoms with Crippen molar-refractivity contribution in [1.29, 1.82) is 0 Å². The van der Waals surface area contributed by atoms with Gasteiger partial charge in [-0.2, -0.15) is 5.10 Å². The van der Waals surface area contributed by atoms with E-state index in [-0.39, 0.29) is 5.69 Å². The molecule has 10 heteroatoms. The molecule has 2 amide bonds. The van der Waals surface area contributed by atoms with E-state index >= 15 is 0 Å². The number of hydrogen-bond donors (Lipinski definition) is 3. The van der Waals surface area contributed by atoms with Crippen molar-refractivity contribution in [3.05, 3.63) is 59.3 Å². The molecule has 1 aromatic heterocycles. The summed E-state index contributed by atoms with van der Waals surface area (Å²) in [6, 6.07) is 7.98. The van der Waals surface area contributed by atoms with E-state index in [4.69, 9.17) is 16.3 Å². The van der Waals surface area contributed by atoms with Crippen LogP contribution in [0.25, 0.3) is 11.3 Å². The molecule has 0 radical (unpaired) electrons. The van der Waals surface area contributed by atoms with Gasteiger partial charge in [0.2, 0.25) is 0 Å². The number of nitrogens with one attached hydrogen (secondary N) is 3. The Hall–Kier alpha value is -3.17. The third-order valence-corrected chi connectivity index (χ3v) is 6.05.